The number of aliphatic hydroxyl groups excluding tert-OH is 3. The summed E-state index contributed by atoms with van der Waals surface area (Å²) in [5.41, 5.74) is -1.80. The lowest BCUT2D eigenvalue weighted by Gasteiger charge is -2.75. The number of aldehydes is 1. The quantitative estimate of drug-likeness (QED) is 0.473. The van der Waals surface area contributed by atoms with E-state index in [2.05, 4.69) is 34.6 Å². The third-order valence-electron chi connectivity index (χ3n) is 14.3. The maximum atomic E-state index is 12.2. The van der Waals surface area contributed by atoms with Crippen molar-refractivity contribution in [3.05, 3.63) is 0 Å². The number of rotatable bonds is 1. The summed E-state index contributed by atoms with van der Waals surface area (Å²) in [6.07, 6.45) is 7.37. The van der Waals surface area contributed by atoms with Crippen molar-refractivity contribution in [2.24, 2.45) is 50.2 Å². The highest BCUT2D eigenvalue weighted by Gasteiger charge is 2.81. The fourth-order valence-corrected chi connectivity index (χ4v) is 12.1. The molecule has 0 aromatic rings. The largest absolute Gasteiger partial charge is 0.393 e. The van der Waals surface area contributed by atoms with Crippen LogP contribution in [0.15, 0.2) is 0 Å². The van der Waals surface area contributed by atoms with E-state index in [9.17, 15) is 20.1 Å². The molecule has 6 aliphatic rings. The van der Waals surface area contributed by atoms with Crippen LogP contribution in [-0.4, -0.2) is 52.1 Å². The van der Waals surface area contributed by atoms with Crippen molar-refractivity contribution in [2.75, 3.05) is 6.61 Å². The minimum Gasteiger partial charge on any atom is -0.393 e. The Hall–Kier alpha value is -0.490. The number of ether oxygens (including phenoxy) is 1. The van der Waals surface area contributed by atoms with E-state index in [1.54, 1.807) is 0 Å². The van der Waals surface area contributed by atoms with Gasteiger partial charge in [0.2, 0.25) is 0 Å². The summed E-state index contributed by atoms with van der Waals surface area (Å²) in [6.45, 7) is 14.3. The van der Waals surface area contributed by atoms with E-state index in [0.29, 0.717) is 37.7 Å². The average Bonchev–Trinajstić information content (AvgIpc) is 3.06. The highest BCUT2D eigenvalue weighted by molar-refractivity contribution is 5.59. The zero-order valence-electron chi connectivity index (χ0n) is 22.8. The lowest BCUT2D eigenvalue weighted by atomic mass is 9.30. The van der Waals surface area contributed by atoms with Gasteiger partial charge in [-0.25, -0.2) is 0 Å². The van der Waals surface area contributed by atoms with Crippen molar-refractivity contribution in [2.45, 2.75) is 123 Å². The van der Waals surface area contributed by atoms with Crippen molar-refractivity contribution in [3.8, 4) is 0 Å². The van der Waals surface area contributed by atoms with Crippen LogP contribution in [0, 0.1) is 50.2 Å². The predicted molar refractivity (Wildman–Crippen MR) is 133 cm³/mol. The van der Waals surface area contributed by atoms with E-state index in [1.807, 2.05) is 6.92 Å². The molecule has 0 amide bonds. The Morgan fingerprint density at radius 3 is 2.09 bits per heavy atom. The summed E-state index contributed by atoms with van der Waals surface area (Å²) < 4.78 is 6.95. The summed E-state index contributed by atoms with van der Waals surface area (Å²) in [4.78, 5) is 12.2. The Bertz CT molecular complexity index is 934. The van der Waals surface area contributed by atoms with E-state index >= 15 is 0 Å². The average molecular weight is 489 g/mol. The van der Waals surface area contributed by atoms with E-state index in [-0.39, 0.29) is 33.7 Å². The normalized spacial score (nSPS) is 62.8. The molecule has 1 spiro atoms. The number of hydrogen-bond acceptors (Lipinski definition) is 5. The zero-order valence-corrected chi connectivity index (χ0v) is 22.8. The van der Waals surface area contributed by atoms with Gasteiger partial charge in [-0.1, -0.05) is 41.5 Å². The number of fused-ring (bicyclic) bond motifs is 4. The highest BCUT2D eigenvalue weighted by atomic mass is 16.5. The van der Waals surface area contributed by atoms with Gasteiger partial charge in [0.15, 0.2) is 0 Å². The molecule has 6 fully saturated rings. The van der Waals surface area contributed by atoms with Crippen LogP contribution in [0.25, 0.3) is 0 Å². The van der Waals surface area contributed by atoms with Gasteiger partial charge >= 0.3 is 0 Å². The van der Waals surface area contributed by atoms with E-state index in [1.165, 1.54) is 0 Å². The van der Waals surface area contributed by atoms with Crippen LogP contribution in [0.1, 0.15) is 99.3 Å². The highest BCUT2D eigenvalue weighted by Crippen LogP contribution is 2.80. The van der Waals surface area contributed by atoms with Crippen molar-refractivity contribution >= 4 is 6.29 Å². The lowest BCUT2D eigenvalue weighted by Crippen LogP contribution is -2.75. The molecule has 6 rings (SSSR count). The predicted octanol–water partition coefficient (Wildman–Crippen LogP) is 4.50. The zero-order chi connectivity index (χ0) is 25.4. The molecular formula is C30H48O5. The first kappa shape index (κ1) is 24.8. The monoisotopic (exact) mass is 488 g/mol. The van der Waals surface area contributed by atoms with E-state index < -0.39 is 28.6 Å². The number of carbonyl (C=O) groups is 1. The van der Waals surface area contributed by atoms with Gasteiger partial charge in [-0.2, -0.15) is 0 Å². The van der Waals surface area contributed by atoms with Gasteiger partial charge in [-0.3, -0.25) is 0 Å². The molecule has 198 valence electrons. The summed E-state index contributed by atoms with van der Waals surface area (Å²) in [5.74, 6) is 0.989. The van der Waals surface area contributed by atoms with Crippen molar-refractivity contribution in [1.82, 2.24) is 0 Å². The van der Waals surface area contributed by atoms with Gasteiger partial charge in [0.1, 0.15) is 6.29 Å². The minimum absolute atomic E-state index is 0.00405. The Labute approximate surface area is 211 Å². The first-order valence-electron chi connectivity index (χ1n) is 14.3. The molecule has 5 nitrogen and oxygen atoms in total. The van der Waals surface area contributed by atoms with Crippen LogP contribution in [0.5, 0.6) is 0 Å². The molecule has 5 saturated carbocycles. The molecule has 35 heavy (non-hydrogen) atoms. The van der Waals surface area contributed by atoms with Crippen LogP contribution in [0.2, 0.25) is 0 Å². The van der Waals surface area contributed by atoms with E-state index in [0.717, 1.165) is 44.8 Å². The van der Waals surface area contributed by atoms with Gasteiger partial charge < -0.3 is 24.9 Å². The second-order valence-corrected chi connectivity index (χ2v) is 15.6. The Morgan fingerprint density at radius 1 is 0.743 bits per heavy atom. The first-order chi connectivity index (χ1) is 16.2. The molecule has 5 heteroatoms. The number of hydrogen-bond donors (Lipinski definition) is 3. The van der Waals surface area contributed by atoms with Crippen LogP contribution in [0.4, 0.5) is 0 Å². The van der Waals surface area contributed by atoms with Gasteiger partial charge in [-0.15, -0.1) is 0 Å². The first-order valence-corrected chi connectivity index (χ1v) is 14.3. The summed E-state index contributed by atoms with van der Waals surface area (Å²) in [5, 5.41) is 34.2. The molecular weight excluding hydrogens is 440 g/mol. The third-order valence-corrected chi connectivity index (χ3v) is 14.3. The summed E-state index contributed by atoms with van der Waals surface area (Å²) in [6, 6.07) is 0. The SMILES string of the molecule is CC1(C=O)CC(O)C23COC4(CCC5C6(C)CCC(O)C(C)(C)C6CCC5(C)C4(C)CC2O)C3C1. The van der Waals surface area contributed by atoms with Gasteiger partial charge in [0.25, 0.3) is 0 Å². The van der Waals surface area contributed by atoms with Crippen LogP contribution >= 0.6 is 0 Å². The van der Waals surface area contributed by atoms with Crippen LogP contribution in [-0.2, 0) is 9.53 Å². The van der Waals surface area contributed by atoms with Crippen LogP contribution < -0.4 is 0 Å². The molecule has 12 atom stereocenters. The number of aliphatic hydroxyl groups is 3. The molecule has 3 N–H and O–H groups in total. The second-order valence-electron chi connectivity index (χ2n) is 15.6. The van der Waals surface area contributed by atoms with Crippen molar-refractivity contribution < 1.29 is 24.9 Å². The van der Waals surface area contributed by atoms with Crippen molar-refractivity contribution in [3.63, 3.8) is 0 Å². The number of carbonyl (C=O) groups excluding carboxylic acids is 1. The molecule has 1 saturated heterocycles. The van der Waals surface area contributed by atoms with E-state index in [4.69, 9.17) is 4.74 Å². The van der Waals surface area contributed by atoms with Crippen LogP contribution in [0.3, 0.4) is 0 Å². The molecule has 2 bridgehead atoms. The second kappa shape index (κ2) is 6.93. The topological polar surface area (TPSA) is 87.0 Å². The Morgan fingerprint density at radius 2 is 1.40 bits per heavy atom. The maximum absolute atomic E-state index is 12.2. The fourth-order valence-electron chi connectivity index (χ4n) is 12.1. The standard InChI is InChI=1S/C30H48O5/c1-24(2)18-7-11-27(5)19(26(18,4)10-9-21(24)32)8-12-30-20-13-25(3,16-31)14-22(33)29(20,17-35-30)23(34)15-28(27,30)6/h16,18-23,32-34H,7-15,17H2,1-6H3. The molecule has 12 unspecified atom stereocenters. The smallest absolute Gasteiger partial charge is 0.125 e. The molecule has 0 aromatic heterocycles. The van der Waals surface area contributed by atoms with Crippen molar-refractivity contribution in [1.29, 1.82) is 0 Å². The lowest BCUT2D eigenvalue weighted by molar-refractivity contribution is -0.303. The third kappa shape index (κ3) is 2.54. The van der Waals surface area contributed by atoms with Gasteiger partial charge in [-0.05, 0) is 85.9 Å². The molecule has 0 radical (unpaired) electrons. The Kier molecular flexibility index (Phi) is 4.91. The van der Waals surface area contributed by atoms with Gasteiger partial charge in [0.05, 0.1) is 35.9 Å². The summed E-state index contributed by atoms with van der Waals surface area (Å²) in [7, 11) is 0. The van der Waals surface area contributed by atoms with Gasteiger partial charge in [0, 0.05) is 16.7 Å². The molecule has 0 aromatic carbocycles. The summed E-state index contributed by atoms with van der Waals surface area (Å²) >= 11 is 0. The molecule has 5 aliphatic carbocycles. The fraction of sp³-hybridized carbons (Fsp3) is 0.967. The molecule has 1 aliphatic heterocycles. The minimum atomic E-state index is -0.713. The Balaban J connectivity index is 1.46. The molecule has 1 heterocycles. The maximum Gasteiger partial charge on any atom is 0.125 e.